The zero-order chi connectivity index (χ0) is 33.9. The Bertz CT molecular complexity index is 2590. The van der Waals surface area contributed by atoms with Gasteiger partial charge >= 0.3 is 0 Å². The predicted octanol–water partition coefficient (Wildman–Crippen LogP) is 11.2. The highest BCUT2D eigenvalue weighted by Crippen LogP contribution is 2.42. The van der Waals surface area contributed by atoms with E-state index < -0.39 is 0 Å². The van der Waals surface area contributed by atoms with Crippen LogP contribution in [0, 0.1) is 13.8 Å². The molecular weight excluding hydrogens is 613 g/mol. The van der Waals surface area contributed by atoms with Gasteiger partial charge in [0.2, 0.25) is 0 Å². The summed E-state index contributed by atoms with van der Waals surface area (Å²) in [6, 6.07) is 53.0. The maximum atomic E-state index is 14.8. The van der Waals surface area contributed by atoms with E-state index in [0.717, 1.165) is 55.2 Å². The number of benzene rings is 7. The van der Waals surface area contributed by atoms with Crippen molar-refractivity contribution in [3.63, 3.8) is 0 Å². The summed E-state index contributed by atoms with van der Waals surface area (Å²) in [5.74, 6) is -0.661. The van der Waals surface area contributed by atoms with Crippen molar-refractivity contribution in [2.75, 3.05) is 4.90 Å². The van der Waals surface area contributed by atoms with Gasteiger partial charge in [-0.15, -0.1) is 0 Å². The first kappa shape index (κ1) is 29.6. The third kappa shape index (κ3) is 4.61. The van der Waals surface area contributed by atoms with E-state index in [1.807, 2.05) is 97.1 Å². The molecule has 0 saturated carbocycles. The first-order valence-corrected chi connectivity index (χ1v) is 16.9. The molecule has 4 nitrogen and oxygen atoms in total. The molecule has 0 bridgehead atoms. The molecule has 1 aliphatic heterocycles. The van der Waals surface area contributed by atoms with Crippen molar-refractivity contribution in [1.82, 2.24) is 4.57 Å². The Morgan fingerprint density at radius 2 is 1.08 bits per heavy atom. The number of nitrogens with zero attached hydrogens (tertiary/aromatic N) is 2. The average molecular weight is 645 g/mol. The maximum Gasteiger partial charge on any atom is 0.268 e. The summed E-state index contributed by atoms with van der Waals surface area (Å²) in [6.07, 6.45) is 0. The molecule has 50 heavy (non-hydrogen) atoms. The topological polar surface area (TPSA) is 42.3 Å². The largest absolute Gasteiger partial charge is 0.308 e. The number of hydrogen-bond donors (Lipinski definition) is 0. The zero-order valence-corrected chi connectivity index (χ0v) is 27.7. The number of para-hydroxylation sites is 2. The Morgan fingerprint density at radius 3 is 1.78 bits per heavy atom. The van der Waals surface area contributed by atoms with Gasteiger partial charge in [-0.1, -0.05) is 127 Å². The first-order chi connectivity index (χ1) is 24.5. The summed E-state index contributed by atoms with van der Waals surface area (Å²) in [5.41, 5.74) is 12.5. The number of amides is 2. The van der Waals surface area contributed by atoms with Crippen LogP contribution in [-0.4, -0.2) is 16.4 Å². The molecule has 7 aromatic carbocycles. The predicted molar refractivity (Wildman–Crippen MR) is 204 cm³/mol. The second kappa shape index (κ2) is 11.6. The molecule has 2 amide bonds. The molecular formula is C46H32N2O2. The smallest absolute Gasteiger partial charge is 0.268 e. The van der Waals surface area contributed by atoms with Crippen LogP contribution in [0.3, 0.4) is 0 Å². The van der Waals surface area contributed by atoms with E-state index in [0.29, 0.717) is 22.5 Å². The Balaban J connectivity index is 1.27. The Morgan fingerprint density at radius 1 is 0.460 bits per heavy atom. The number of rotatable bonds is 5. The minimum absolute atomic E-state index is 0.327. The van der Waals surface area contributed by atoms with Gasteiger partial charge in [0, 0.05) is 16.3 Å². The molecule has 8 aromatic rings. The summed E-state index contributed by atoms with van der Waals surface area (Å²) >= 11 is 0. The summed E-state index contributed by atoms with van der Waals surface area (Å²) in [6.45, 7) is 4.25. The molecule has 0 radical (unpaired) electrons. The molecule has 4 heteroatoms. The van der Waals surface area contributed by atoms with Crippen molar-refractivity contribution in [2.24, 2.45) is 0 Å². The van der Waals surface area contributed by atoms with Crippen LogP contribution in [0.4, 0.5) is 5.69 Å². The van der Waals surface area contributed by atoms with Gasteiger partial charge in [0.1, 0.15) is 0 Å². The number of aryl methyl sites for hydroxylation is 2. The molecule has 238 valence electrons. The quantitative estimate of drug-likeness (QED) is 0.175. The van der Waals surface area contributed by atoms with Gasteiger partial charge in [0.05, 0.1) is 33.5 Å². The molecule has 0 atom stereocenters. The molecule has 2 heterocycles. The number of hydrogen-bond acceptors (Lipinski definition) is 2. The van der Waals surface area contributed by atoms with Crippen LogP contribution in [-0.2, 0) is 0 Å². The summed E-state index contributed by atoms with van der Waals surface area (Å²) in [5, 5.41) is 2.18. The van der Waals surface area contributed by atoms with Gasteiger partial charge in [-0.2, -0.15) is 0 Å². The number of carbonyl (C=O) groups is 2. The number of aromatic nitrogens is 1. The van der Waals surface area contributed by atoms with Crippen molar-refractivity contribution in [3.05, 3.63) is 180 Å². The fourth-order valence-corrected chi connectivity index (χ4v) is 7.63. The second-order valence-electron chi connectivity index (χ2n) is 13.0. The lowest BCUT2D eigenvalue weighted by molar-refractivity contribution is 0.0926. The molecule has 0 aliphatic carbocycles. The average Bonchev–Trinajstić information content (AvgIpc) is 3.63. The van der Waals surface area contributed by atoms with E-state index in [4.69, 9.17) is 0 Å². The van der Waals surface area contributed by atoms with Gasteiger partial charge in [-0.05, 0) is 83.6 Å². The van der Waals surface area contributed by atoms with Crippen LogP contribution in [0.5, 0.6) is 0 Å². The van der Waals surface area contributed by atoms with E-state index in [9.17, 15) is 9.59 Å². The number of anilines is 1. The van der Waals surface area contributed by atoms with E-state index in [1.165, 1.54) is 16.0 Å². The van der Waals surface area contributed by atoms with Gasteiger partial charge < -0.3 is 4.57 Å². The minimum atomic E-state index is -0.334. The van der Waals surface area contributed by atoms with E-state index in [1.54, 1.807) is 6.07 Å². The van der Waals surface area contributed by atoms with Gasteiger partial charge in [0.15, 0.2) is 0 Å². The molecule has 0 saturated heterocycles. The van der Waals surface area contributed by atoms with Crippen molar-refractivity contribution in [2.45, 2.75) is 13.8 Å². The van der Waals surface area contributed by atoms with Crippen molar-refractivity contribution >= 4 is 39.3 Å². The Hall–Kier alpha value is -6.52. The molecule has 0 unspecified atom stereocenters. The highest BCUT2D eigenvalue weighted by atomic mass is 16.2. The van der Waals surface area contributed by atoms with E-state index in [2.05, 4.69) is 73.0 Å². The standard InChI is InChI=1S/C46H32N2O2/c1-29-23-24-36(30(2)25-29)38-18-11-19-39-37-17-9-10-21-41(37)48(44(38)39)42-22-12-20-40-43(42)46(50)47(45(40)49)35-27-33(31-13-5-3-6-14-31)26-34(28-35)32-15-7-4-8-16-32/h3-28H,1-2H3. The van der Waals surface area contributed by atoms with Crippen molar-refractivity contribution in [1.29, 1.82) is 0 Å². The van der Waals surface area contributed by atoms with E-state index in [-0.39, 0.29) is 11.8 Å². The second-order valence-corrected chi connectivity index (χ2v) is 13.0. The lowest BCUT2D eigenvalue weighted by Gasteiger charge is -2.18. The highest BCUT2D eigenvalue weighted by Gasteiger charge is 2.40. The molecule has 0 spiro atoms. The van der Waals surface area contributed by atoms with Crippen LogP contribution in [0.1, 0.15) is 31.8 Å². The number of carbonyl (C=O) groups excluding carboxylic acids is 2. The summed E-state index contributed by atoms with van der Waals surface area (Å²) in [7, 11) is 0. The van der Waals surface area contributed by atoms with Gasteiger partial charge in [-0.25, -0.2) is 4.90 Å². The third-order valence-corrected chi connectivity index (χ3v) is 9.89. The van der Waals surface area contributed by atoms with Crippen LogP contribution in [0.2, 0.25) is 0 Å². The number of imide groups is 1. The normalized spacial score (nSPS) is 12.6. The maximum absolute atomic E-state index is 14.8. The Labute approximate surface area is 290 Å². The van der Waals surface area contributed by atoms with Crippen LogP contribution >= 0.6 is 0 Å². The van der Waals surface area contributed by atoms with E-state index >= 15 is 0 Å². The van der Waals surface area contributed by atoms with Crippen LogP contribution in [0.15, 0.2) is 158 Å². The van der Waals surface area contributed by atoms with Gasteiger partial charge in [0.25, 0.3) is 11.8 Å². The molecule has 0 N–H and O–H groups in total. The SMILES string of the molecule is Cc1ccc(-c2cccc3c4ccccc4n(-c4cccc5c4C(=O)N(c4cc(-c6ccccc6)cc(-c6ccccc6)c4)C5=O)c23)c(C)c1. The molecule has 1 aliphatic rings. The summed E-state index contributed by atoms with van der Waals surface area (Å²) in [4.78, 5) is 30.6. The van der Waals surface area contributed by atoms with Crippen molar-refractivity contribution in [3.8, 4) is 39.1 Å². The lowest BCUT2D eigenvalue weighted by Crippen LogP contribution is -2.29. The highest BCUT2D eigenvalue weighted by molar-refractivity contribution is 6.36. The number of fused-ring (bicyclic) bond motifs is 4. The molecule has 1 aromatic heterocycles. The fourth-order valence-electron chi connectivity index (χ4n) is 7.63. The molecule has 9 rings (SSSR count). The molecule has 0 fully saturated rings. The van der Waals surface area contributed by atoms with Crippen LogP contribution < -0.4 is 4.90 Å². The first-order valence-electron chi connectivity index (χ1n) is 16.9. The third-order valence-electron chi connectivity index (χ3n) is 9.89. The van der Waals surface area contributed by atoms with Crippen molar-refractivity contribution < 1.29 is 9.59 Å². The lowest BCUT2D eigenvalue weighted by atomic mass is 9.96. The van der Waals surface area contributed by atoms with Gasteiger partial charge in [-0.3, -0.25) is 9.59 Å². The minimum Gasteiger partial charge on any atom is -0.308 e. The monoisotopic (exact) mass is 644 g/mol. The fraction of sp³-hybridized carbons (Fsp3) is 0.0435. The summed E-state index contributed by atoms with van der Waals surface area (Å²) < 4.78 is 2.18. The zero-order valence-electron chi connectivity index (χ0n) is 27.7. The Kier molecular flexibility index (Phi) is 6.85. The van der Waals surface area contributed by atoms with Crippen LogP contribution in [0.25, 0.3) is 60.9 Å².